The third-order valence-corrected chi connectivity index (χ3v) is 2.59. The summed E-state index contributed by atoms with van der Waals surface area (Å²) < 4.78 is 10.8. The fraction of sp³-hybridized carbons (Fsp3) is 0.308. The molecule has 17 heavy (non-hydrogen) atoms. The van der Waals surface area contributed by atoms with Gasteiger partial charge in [-0.2, -0.15) is 0 Å². The van der Waals surface area contributed by atoms with Crippen molar-refractivity contribution in [2.45, 2.75) is 13.3 Å². The third-order valence-electron chi connectivity index (χ3n) is 2.59. The van der Waals surface area contributed by atoms with Crippen LogP contribution in [0.25, 0.3) is 11.3 Å². The largest absolute Gasteiger partial charge is 0.496 e. The first-order valence-electron chi connectivity index (χ1n) is 5.54. The van der Waals surface area contributed by atoms with Crippen LogP contribution in [0.5, 0.6) is 5.75 Å². The van der Waals surface area contributed by atoms with Crippen LogP contribution in [0.1, 0.15) is 11.5 Å². The number of methoxy groups -OCH3 is 1. The van der Waals surface area contributed by atoms with E-state index in [0.717, 1.165) is 22.6 Å². The molecule has 2 aromatic rings. The molecule has 0 aliphatic rings. The van der Waals surface area contributed by atoms with Crippen molar-refractivity contribution < 1.29 is 9.15 Å². The molecule has 0 aliphatic heterocycles. The molecule has 4 nitrogen and oxygen atoms in total. The van der Waals surface area contributed by atoms with Gasteiger partial charge in [0.05, 0.1) is 13.3 Å². The number of nitrogens with zero attached hydrogens (tertiary/aromatic N) is 1. The number of rotatable bonds is 4. The summed E-state index contributed by atoms with van der Waals surface area (Å²) in [6.07, 6.45) is 2.39. The van der Waals surface area contributed by atoms with E-state index in [1.165, 1.54) is 0 Å². The number of ether oxygens (including phenoxy) is 1. The molecular weight excluding hydrogens is 216 g/mol. The van der Waals surface area contributed by atoms with Crippen LogP contribution in [0, 0.1) is 6.92 Å². The molecule has 1 aromatic heterocycles. The van der Waals surface area contributed by atoms with Crippen LogP contribution in [0.4, 0.5) is 0 Å². The Balaban J connectivity index is 2.29. The lowest BCUT2D eigenvalue weighted by molar-refractivity contribution is 0.411. The minimum atomic E-state index is 0.543. The van der Waals surface area contributed by atoms with Crippen LogP contribution in [0.15, 0.2) is 28.8 Å². The first-order valence-corrected chi connectivity index (χ1v) is 5.54. The molecule has 90 valence electrons. The predicted molar refractivity (Wildman–Crippen MR) is 66.0 cm³/mol. The number of aryl methyl sites for hydroxylation is 1. The van der Waals surface area contributed by atoms with Gasteiger partial charge in [0.15, 0.2) is 11.7 Å². The Morgan fingerprint density at radius 2 is 2.24 bits per heavy atom. The molecule has 2 rings (SSSR count). The SMILES string of the molecule is COc1ccc(-c2cnc(CCN)o2)cc1C. The van der Waals surface area contributed by atoms with Gasteiger partial charge in [-0.25, -0.2) is 4.98 Å². The molecule has 1 aromatic carbocycles. The van der Waals surface area contributed by atoms with Gasteiger partial charge in [-0.1, -0.05) is 0 Å². The molecule has 0 unspecified atom stereocenters. The van der Waals surface area contributed by atoms with Gasteiger partial charge in [-0.05, 0) is 30.7 Å². The fourth-order valence-corrected chi connectivity index (χ4v) is 1.71. The van der Waals surface area contributed by atoms with E-state index in [1.54, 1.807) is 13.3 Å². The molecule has 2 N–H and O–H groups in total. The molecule has 1 heterocycles. The average Bonchev–Trinajstić information content (AvgIpc) is 2.78. The highest BCUT2D eigenvalue weighted by molar-refractivity contribution is 5.59. The van der Waals surface area contributed by atoms with E-state index < -0.39 is 0 Å². The maximum Gasteiger partial charge on any atom is 0.196 e. The molecule has 0 atom stereocenters. The third kappa shape index (κ3) is 2.47. The number of benzene rings is 1. The Labute approximate surface area is 100 Å². The zero-order valence-corrected chi connectivity index (χ0v) is 10.1. The summed E-state index contributed by atoms with van der Waals surface area (Å²) in [7, 11) is 1.66. The molecule has 4 heteroatoms. The van der Waals surface area contributed by atoms with E-state index in [0.29, 0.717) is 18.9 Å². The number of aromatic nitrogens is 1. The second kappa shape index (κ2) is 5.01. The van der Waals surface area contributed by atoms with Crippen LogP contribution in [0.3, 0.4) is 0 Å². The standard InChI is InChI=1S/C13H16N2O2/c1-9-7-10(3-4-11(9)16-2)12-8-15-13(17-12)5-6-14/h3-4,7-8H,5-6,14H2,1-2H3. The van der Waals surface area contributed by atoms with E-state index in [1.807, 2.05) is 25.1 Å². The number of oxazole rings is 1. The Hall–Kier alpha value is -1.81. The van der Waals surface area contributed by atoms with Crippen molar-refractivity contribution >= 4 is 0 Å². The Bertz CT molecular complexity index is 506. The summed E-state index contributed by atoms with van der Waals surface area (Å²) in [5.41, 5.74) is 7.52. The van der Waals surface area contributed by atoms with Crippen LogP contribution in [-0.2, 0) is 6.42 Å². The molecule has 0 bridgehead atoms. The monoisotopic (exact) mass is 232 g/mol. The second-order valence-electron chi connectivity index (χ2n) is 3.84. The van der Waals surface area contributed by atoms with Crippen LogP contribution in [0.2, 0.25) is 0 Å². The van der Waals surface area contributed by atoms with Gasteiger partial charge in [0.25, 0.3) is 0 Å². The lowest BCUT2D eigenvalue weighted by Crippen LogP contribution is -2.02. The van der Waals surface area contributed by atoms with Gasteiger partial charge in [-0.3, -0.25) is 0 Å². The lowest BCUT2D eigenvalue weighted by atomic mass is 10.1. The predicted octanol–water partition coefficient (Wildman–Crippen LogP) is 2.16. The van der Waals surface area contributed by atoms with Crippen LogP contribution in [-0.4, -0.2) is 18.6 Å². The van der Waals surface area contributed by atoms with Crippen molar-refractivity contribution in [2.24, 2.45) is 5.73 Å². The first kappa shape index (κ1) is 11.7. The molecule has 0 radical (unpaired) electrons. The van der Waals surface area contributed by atoms with Gasteiger partial charge in [0.1, 0.15) is 5.75 Å². The fourth-order valence-electron chi connectivity index (χ4n) is 1.71. The molecule has 0 aliphatic carbocycles. The highest BCUT2D eigenvalue weighted by atomic mass is 16.5. The normalized spacial score (nSPS) is 10.5. The maximum absolute atomic E-state index is 5.61. The highest BCUT2D eigenvalue weighted by Gasteiger charge is 2.07. The Kier molecular flexibility index (Phi) is 3.44. The summed E-state index contributed by atoms with van der Waals surface area (Å²) in [5.74, 6) is 2.31. The van der Waals surface area contributed by atoms with E-state index in [4.69, 9.17) is 14.9 Å². The number of hydrogen-bond acceptors (Lipinski definition) is 4. The molecule has 0 spiro atoms. The van der Waals surface area contributed by atoms with Crippen molar-refractivity contribution in [3.8, 4) is 17.1 Å². The van der Waals surface area contributed by atoms with E-state index in [-0.39, 0.29) is 0 Å². The number of hydrogen-bond donors (Lipinski definition) is 1. The second-order valence-corrected chi connectivity index (χ2v) is 3.84. The van der Waals surface area contributed by atoms with Gasteiger partial charge in [0, 0.05) is 18.5 Å². The van der Waals surface area contributed by atoms with Crippen molar-refractivity contribution in [1.29, 1.82) is 0 Å². The molecule has 0 saturated carbocycles. The van der Waals surface area contributed by atoms with Gasteiger partial charge in [0.2, 0.25) is 0 Å². The molecule has 0 amide bonds. The minimum Gasteiger partial charge on any atom is -0.496 e. The average molecular weight is 232 g/mol. The van der Waals surface area contributed by atoms with Crippen molar-refractivity contribution in [2.75, 3.05) is 13.7 Å². The number of nitrogens with two attached hydrogens (primary N) is 1. The summed E-state index contributed by atoms with van der Waals surface area (Å²) in [6, 6.07) is 5.90. The summed E-state index contributed by atoms with van der Waals surface area (Å²) >= 11 is 0. The van der Waals surface area contributed by atoms with Gasteiger partial charge in [-0.15, -0.1) is 0 Å². The lowest BCUT2D eigenvalue weighted by Gasteiger charge is -2.05. The molecule has 0 saturated heterocycles. The maximum atomic E-state index is 5.61. The summed E-state index contributed by atoms with van der Waals surface area (Å²) in [4.78, 5) is 4.18. The topological polar surface area (TPSA) is 61.3 Å². The quantitative estimate of drug-likeness (QED) is 0.877. The van der Waals surface area contributed by atoms with Crippen molar-refractivity contribution in [3.63, 3.8) is 0 Å². The summed E-state index contributed by atoms with van der Waals surface area (Å²) in [6.45, 7) is 2.54. The molecular formula is C13H16N2O2. The zero-order chi connectivity index (χ0) is 12.3. The van der Waals surface area contributed by atoms with Gasteiger partial charge >= 0.3 is 0 Å². The molecule has 0 fully saturated rings. The van der Waals surface area contributed by atoms with E-state index in [9.17, 15) is 0 Å². The van der Waals surface area contributed by atoms with Crippen molar-refractivity contribution in [1.82, 2.24) is 4.98 Å². The van der Waals surface area contributed by atoms with Crippen LogP contribution >= 0.6 is 0 Å². The minimum absolute atomic E-state index is 0.543. The van der Waals surface area contributed by atoms with Gasteiger partial charge < -0.3 is 14.9 Å². The first-order chi connectivity index (χ1) is 8.24. The van der Waals surface area contributed by atoms with Crippen molar-refractivity contribution in [3.05, 3.63) is 35.9 Å². The highest BCUT2D eigenvalue weighted by Crippen LogP contribution is 2.26. The Morgan fingerprint density at radius 3 is 2.88 bits per heavy atom. The smallest absolute Gasteiger partial charge is 0.196 e. The summed E-state index contributed by atoms with van der Waals surface area (Å²) in [5, 5.41) is 0. The van der Waals surface area contributed by atoms with Crippen LogP contribution < -0.4 is 10.5 Å². The Morgan fingerprint density at radius 1 is 1.41 bits per heavy atom. The zero-order valence-electron chi connectivity index (χ0n) is 10.1. The van der Waals surface area contributed by atoms with E-state index in [2.05, 4.69) is 4.98 Å². The van der Waals surface area contributed by atoms with E-state index >= 15 is 0 Å².